The third-order valence-corrected chi connectivity index (χ3v) is 4.87. The molecule has 0 bridgehead atoms. The molecule has 0 radical (unpaired) electrons. The molecule has 1 heterocycles. The van der Waals surface area contributed by atoms with E-state index >= 15 is 0 Å². The van der Waals surface area contributed by atoms with Crippen LogP contribution < -0.4 is 20.5 Å². The second kappa shape index (κ2) is 10.1. The van der Waals surface area contributed by atoms with E-state index in [2.05, 4.69) is 5.32 Å². The summed E-state index contributed by atoms with van der Waals surface area (Å²) >= 11 is 0.871. The standard InChI is InChI=1S/C21H22N2O5S/c22-10-9-14-1-5-17(6-2-14)27-12-16(24)13-28-18-7-3-15(4-8-18)11-19-20(25)23-21(26)29-19/h1-8,11,16,24H,9-10,12-13,22H2,(H,23,25,26). The number of aliphatic hydroxyl groups excluding tert-OH is 1. The van der Waals surface area contributed by atoms with E-state index in [0.29, 0.717) is 22.9 Å². The first-order valence-corrected chi connectivity index (χ1v) is 9.93. The SMILES string of the molecule is NCCc1ccc(OCC(O)COc2ccc(C=C3SC(=O)NC3=O)cc2)cc1. The molecule has 1 aliphatic rings. The van der Waals surface area contributed by atoms with Crippen LogP contribution >= 0.6 is 11.8 Å². The monoisotopic (exact) mass is 414 g/mol. The Kier molecular flexibility index (Phi) is 7.29. The second-order valence-corrected chi connectivity index (χ2v) is 7.39. The second-order valence-electron chi connectivity index (χ2n) is 6.38. The molecule has 1 fully saturated rings. The van der Waals surface area contributed by atoms with Gasteiger partial charge in [0, 0.05) is 0 Å². The minimum Gasteiger partial charge on any atom is -0.491 e. The van der Waals surface area contributed by atoms with Gasteiger partial charge in [-0.1, -0.05) is 24.3 Å². The number of nitrogens with one attached hydrogen (secondary N) is 1. The van der Waals surface area contributed by atoms with Crippen LogP contribution in [0.15, 0.2) is 53.4 Å². The van der Waals surface area contributed by atoms with Crippen LogP contribution in [0.4, 0.5) is 4.79 Å². The maximum atomic E-state index is 11.6. The van der Waals surface area contributed by atoms with Crippen molar-refractivity contribution in [2.45, 2.75) is 12.5 Å². The molecular weight excluding hydrogens is 392 g/mol. The van der Waals surface area contributed by atoms with Gasteiger partial charge in [0.25, 0.3) is 11.1 Å². The van der Waals surface area contributed by atoms with Crippen LogP contribution in [0.5, 0.6) is 11.5 Å². The molecule has 2 aromatic carbocycles. The van der Waals surface area contributed by atoms with Crippen LogP contribution in [0.3, 0.4) is 0 Å². The van der Waals surface area contributed by atoms with E-state index in [-0.39, 0.29) is 18.5 Å². The summed E-state index contributed by atoms with van der Waals surface area (Å²) in [5.74, 6) is 0.865. The topological polar surface area (TPSA) is 111 Å². The number of hydrogen-bond acceptors (Lipinski definition) is 7. The molecule has 1 aliphatic heterocycles. The summed E-state index contributed by atoms with van der Waals surface area (Å²) in [4.78, 5) is 23.1. The lowest BCUT2D eigenvalue weighted by atomic mass is 10.1. The van der Waals surface area contributed by atoms with E-state index < -0.39 is 12.0 Å². The van der Waals surface area contributed by atoms with Crippen molar-refractivity contribution in [2.24, 2.45) is 5.73 Å². The zero-order valence-corrected chi connectivity index (χ0v) is 16.5. The van der Waals surface area contributed by atoms with E-state index in [1.54, 1.807) is 30.3 Å². The average molecular weight is 414 g/mol. The number of carbonyl (C=O) groups is 2. The molecule has 0 aromatic heterocycles. The first-order valence-electron chi connectivity index (χ1n) is 9.11. The molecule has 0 aliphatic carbocycles. The molecule has 2 aromatic rings. The first kappa shape index (κ1) is 20.9. The molecule has 4 N–H and O–H groups in total. The smallest absolute Gasteiger partial charge is 0.290 e. The molecule has 0 spiro atoms. The number of imide groups is 1. The largest absolute Gasteiger partial charge is 0.491 e. The molecule has 1 saturated heterocycles. The molecule has 152 valence electrons. The number of rotatable bonds is 9. The summed E-state index contributed by atoms with van der Waals surface area (Å²) in [5.41, 5.74) is 7.43. The van der Waals surface area contributed by atoms with Crippen molar-refractivity contribution in [1.82, 2.24) is 5.32 Å². The van der Waals surface area contributed by atoms with E-state index in [0.717, 1.165) is 29.3 Å². The van der Waals surface area contributed by atoms with Crippen molar-refractivity contribution in [2.75, 3.05) is 19.8 Å². The van der Waals surface area contributed by atoms with Gasteiger partial charge in [-0.05, 0) is 66.2 Å². The lowest BCUT2D eigenvalue weighted by molar-refractivity contribution is -0.115. The molecule has 1 atom stereocenters. The number of amides is 2. The van der Waals surface area contributed by atoms with Crippen LogP contribution in [0, 0.1) is 0 Å². The number of benzene rings is 2. The molecule has 7 nitrogen and oxygen atoms in total. The quantitative estimate of drug-likeness (QED) is 0.540. The number of carbonyl (C=O) groups excluding carboxylic acids is 2. The van der Waals surface area contributed by atoms with Crippen molar-refractivity contribution < 1.29 is 24.2 Å². The Balaban J connectivity index is 1.44. The highest BCUT2D eigenvalue weighted by atomic mass is 32.2. The summed E-state index contributed by atoms with van der Waals surface area (Å²) < 4.78 is 11.1. The number of nitrogens with two attached hydrogens (primary N) is 1. The summed E-state index contributed by atoms with van der Waals surface area (Å²) in [7, 11) is 0. The molecule has 0 saturated carbocycles. The number of ether oxygens (including phenoxy) is 2. The molecule has 1 unspecified atom stereocenters. The van der Waals surface area contributed by atoms with Gasteiger partial charge in [0.05, 0.1) is 4.91 Å². The van der Waals surface area contributed by atoms with Gasteiger partial charge in [0.15, 0.2) is 0 Å². The highest BCUT2D eigenvalue weighted by molar-refractivity contribution is 8.18. The minimum atomic E-state index is -0.787. The predicted molar refractivity (Wildman–Crippen MR) is 112 cm³/mol. The van der Waals surface area contributed by atoms with E-state index in [1.165, 1.54) is 0 Å². The zero-order valence-electron chi connectivity index (χ0n) is 15.7. The predicted octanol–water partition coefficient (Wildman–Crippen LogP) is 2.33. The molecule has 29 heavy (non-hydrogen) atoms. The van der Waals surface area contributed by atoms with E-state index in [1.807, 2.05) is 24.3 Å². The van der Waals surface area contributed by atoms with Gasteiger partial charge in [0.1, 0.15) is 30.8 Å². The third kappa shape index (κ3) is 6.35. The van der Waals surface area contributed by atoms with Gasteiger partial charge in [-0.15, -0.1) is 0 Å². The minimum absolute atomic E-state index is 0.0818. The van der Waals surface area contributed by atoms with E-state index in [4.69, 9.17) is 15.2 Å². The first-order chi connectivity index (χ1) is 14.0. The van der Waals surface area contributed by atoms with E-state index in [9.17, 15) is 14.7 Å². The maximum Gasteiger partial charge on any atom is 0.290 e. The maximum absolute atomic E-state index is 11.6. The van der Waals surface area contributed by atoms with Crippen molar-refractivity contribution in [3.8, 4) is 11.5 Å². The van der Waals surface area contributed by atoms with Crippen molar-refractivity contribution >= 4 is 29.0 Å². The van der Waals surface area contributed by atoms with Gasteiger partial charge < -0.3 is 20.3 Å². The molecule has 8 heteroatoms. The van der Waals surface area contributed by atoms with Crippen LogP contribution in [0.2, 0.25) is 0 Å². The number of aliphatic hydroxyl groups is 1. The van der Waals surface area contributed by atoms with Gasteiger partial charge in [-0.3, -0.25) is 14.9 Å². The third-order valence-electron chi connectivity index (χ3n) is 4.06. The van der Waals surface area contributed by atoms with Crippen LogP contribution in [-0.4, -0.2) is 42.1 Å². The highest BCUT2D eigenvalue weighted by Crippen LogP contribution is 2.26. The fraction of sp³-hybridized carbons (Fsp3) is 0.238. The highest BCUT2D eigenvalue weighted by Gasteiger charge is 2.24. The fourth-order valence-corrected chi connectivity index (χ4v) is 3.27. The summed E-state index contributed by atoms with van der Waals surface area (Å²) in [6.45, 7) is 0.794. The lowest BCUT2D eigenvalue weighted by Gasteiger charge is -2.14. The molecule has 3 rings (SSSR count). The molecular formula is C21H22N2O5S. The van der Waals surface area contributed by atoms with Crippen molar-refractivity contribution in [1.29, 1.82) is 0 Å². The summed E-state index contributed by atoms with van der Waals surface area (Å²) in [6.07, 6.45) is 1.66. The van der Waals surface area contributed by atoms with Crippen LogP contribution in [-0.2, 0) is 11.2 Å². The van der Waals surface area contributed by atoms with Crippen molar-refractivity contribution in [3.05, 3.63) is 64.6 Å². The zero-order chi connectivity index (χ0) is 20.6. The number of hydrogen-bond donors (Lipinski definition) is 3. The van der Waals surface area contributed by atoms with Gasteiger partial charge >= 0.3 is 0 Å². The summed E-state index contributed by atoms with van der Waals surface area (Å²) in [6, 6.07) is 14.6. The summed E-state index contributed by atoms with van der Waals surface area (Å²) in [5, 5.41) is 11.9. The molecule has 2 amide bonds. The average Bonchev–Trinajstić information content (AvgIpc) is 3.04. The Bertz CT molecular complexity index is 881. The Morgan fingerprint density at radius 2 is 1.59 bits per heavy atom. The fourth-order valence-electron chi connectivity index (χ4n) is 2.58. The van der Waals surface area contributed by atoms with Gasteiger partial charge in [-0.25, -0.2) is 0 Å². The number of thioether (sulfide) groups is 1. The van der Waals surface area contributed by atoms with Crippen molar-refractivity contribution in [3.63, 3.8) is 0 Å². The van der Waals surface area contributed by atoms with Gasteiger partial charge in [-0.2, -0.15) is 0 Å². The van der Waals surface area contributed by atoms with Gasteiger partial charge in [0.2, 0.25) is 0 Å². The van der Waals surface area contributed by atoms with Crippen LogP contribution in [0.1, 0.15) is 11.1 Å². The Hall–Kier alpha value is -2.81. The Morgan fingerprint density at radius 1 is 1.00 bits per heavy atom. The van der Waals surface area contributed by atoms with Crippen LogP contribution in [0.25, 0.3) is 6.08 Å². The lowest BCUT2D eigenvalue weighted by Crippen LogP contribution is -2.25. The normalized spacial score (nSPS) is 16.0. The Morgan fingerprint density at radius 3 is 2.10 bits per heavy atom. The Labute approximate surface area is 172 Å².